The Bertz CT molecular complexity index is 528. The predicted octanol–water partition coefficient (Wildman–Crippen LogP) is 2.14. The van der Waals surface area contributed by atoms with E-state index in [9.17, 15) is 0 Å². The van der Waals surface area contributed by atoms with Crippen molar-refractivity contribution >= 4 is 0 Å². The highest BCUT2D eigenvalue weighted by molar-refractivity contribution is 5.29. The third-order valence-corrected chi connectivity index (χ3v) is 3.33. The first-order valence-corrected chi connectivity index (χ1v) is 6.54. The minimum atomic E-state index is 0.301. The molecule has 2 N–H and O–H groups in total. The first kappa shape index (κ1) is 13.6. The van der Waals surface area contributed by atoms with Crippen molar-refractivity contribution in [3.8, 4) is 0 Å². The van der Waals surface area contributed by atoms with Crippen LogP contribution < -0.4 is 5.73 Å². The van der Waals surface area contributed by atoms with Crippen LogP contribution in [-0.4, -0.2) is 21.5 Å². The van der Waals surface area contributed by atoms with Crippen molar-refractivity contribution in [2.45, 2.75) is 33.1 Å². The molecule has 1 unspecified atom stereocenters. The van der Waals surface area contributed by atoms with E-state index in [0.29, 0.717) is 12.5 Å². The van der Waals surface area contributed by atoms with Gasteiger partial charge in [0.25, 0.3) is 0 Å². The van der Waals surface area contributed by atoms with Gasteiger partial charge in [-0.2, -0.15) is 0 Å². The number of nitrogens with two attached hydrogens (primary N) is 1. The highest BCUT2D eigenvalue weighted by Crippen LogP contribution is 2.20. The van der Waals surface area contributed by atoms with Gasteiger partial charge in [-0.1, -0.05) is 6.92 Å². The van der Waals surface area contributed by atoms with Crippen LogP contribution in [0.25, 0.3) is 0 Å². The average molecular weight is 256 g/mol. The summed E-state index contributed by atoms with van der Waals surface area (Å²) in [5, 5.41) is 0. The lowest BCUT2D eigenvalue weighted by atomic mass is 9.98. The monoisotopic (exact) mass is 256 g/mol. The van der Waals surface area contributed by atoms with Gasteiger partial charge >= 0.3 is 0 Å². The molecule has 0 saturated carbocycles. The van der Waals surface area contributed by atoms with Gasteiger partial charge in [-0.05, 0) is 49.6 Å². The number of aromatic nitrogens is 3. The van der Waals surface area contributed by atoms with Gasteiger partial charge in [0, 0.05) is 30.2 Å². The third-order valence-electron chi connectivity index (χ3n) is 3.33. The number of hydrogen-bond acceptors (Lipinski definition) is 4. The van der Waals surface area contributed by atoms with Crippen LogP contribution in [0.5, 0.6) is 0 Å². The summed E-state index contributed by atoms with van der Waals surface area (Å²) in [5.41, 5.74) is 10.2. The lowest BCUT2D eigenvalue weighted by Crippen LogP contribution is -2.15. The van der Waals surface area contributed by atoms with Crippen LogP contribution in [-0.2, 0) is 6.42 Å². The first-order valence-electron chi connectivity index (χ1n) is 6.54. The molecule has 100 valence electrons. The largest absolute Gasteiger partial charge is 0.330 e. The maximum atomic E-state index is 5.74. The van der Waals surface area contributed by atoms with E-state index in [1.807, 2.05) is 26.0 Å². The minimum absolute atomic E-state index is 0.301. The van der Waals surface area contributed by atoms with Gasteiger partial charge in [0.2, 0.25) is 0 Å². The van der Waals surface area contributed by atoms with Gasteiger partial charge in [-0.25, -0.2) is 9.97 Å². The van der Waals surface area contributed by atoms with E-state index < -0.39 is 0 Å². The molecule has 0 bridgehead atoms. The minimum Gasteiger partial charge on any atom is -0.330 e. The molecule has 0 aliphatic carbocycles. The topological polar surface area (TPSA) is 64.7 Å². The molecule has 2 rings (SSSR count). The molecule has 19 heavy (non-hydrogen) atoms. The maximum Gasteiger partial charge on any atom is 0.133 e. The molecular weight excluding hydrogens is 236 g/mol. The zero-order valence-electron chi connectivity index (χ0n) is 11.7. The summed E-state index contributed by atoms with van der Waals surface area (Å²) in [7, 11) is 0. The van der Waals surface area contributed by atoms with Crippen LogP contribution in [0.1, 0.15) is 41.2 Å². The fraction of sp³-hybridized carbons (Fsp3) is 0.400. The molecule has 0 saturated heterocycles. The molecule has 2 aromatic heterocycles. The first-order chi connectivity index (χ1) is 9.11. The van der Waals surface area contributed by atoms with E-state index >= 15 is 0 Å². The molecule has 0 radical (unpaired) electrons. The molecule has 1 atom stereocenters. The molecule has 0 fully saturated rings. The molecule has 0 aliphatic rings. The highest BCUT2D eigenvalue weighted by Gasteiger charge is 2.14. The Morgan fingerprint density at radius 3 is 2.21 bits per heavy atom. The standard InChI is InChI=1S/C15H20N4/c1-10(9-16)15-11(2)18-14(19-12(15)3)8-13-4-6-17-7-5-13/h4-7,10H,8-9,16H2,1-3H3. The van der Waals surface area contributed by atoms with Gasteiger partial charge < -0.3 is 5.73 Å². The fourth-order valence-electron chi connectivity index (χ4n) is 2.39. The summed E-state index contributed by atoms with van der Waals surface area (Å²) in [5.74, 6) is 1.16. The van der Waals surface area contributed by atoms with E-state index in [-0.39, 0.29) is 0 Å². The highest BCUT2D eigenvalue weighted by atomic mass is 14.9. The molecule has 0 spiro atoms. The lowest BCUT2D eigenvalue weighted by molar-refractivity contribution is 0.733. The van der Waals surface area contributed by atoms with Crippen LogP contribution in [0.3, 0.4) is 0 Å². The Morgan fingerprint density at radius 2 is 1.68 bits per heavy atom. The Morgan fingerprint density at radius 1 is 1.11 bits per heavy atom. The van der Waals surface area contributed by atoms with Crippen LogP contribution in [0.2, 0.25) is 0 Å². The molecular formula is C15H20N4. The number of pyridine rings is 1. The lowest BCUT2D eigenvalue weighted by Gasteiger charge is -2.15. The van der Waals surface area contributed by atoms with E-state index in [1.54, 1.807) is 12.4 Å². The summed E-state index contributed by atoms with van der Waals surface area (Å²) in [4.78, 5) is 13.2. The van der Waals surface area contributed by atoms with Crippen LogP contribution in [0.4, 0.5) is 0 Å². The zero-order valence-corrected chi connectivity index (χ0v) is 11.7. The molecule has 4 nitrogen and oxygen atoms in total. The number of nitrogens with zero attached hydrogens (tertiary/aromatic N) is 3. The molecule has 0 amide bonds. The van der Waals surface area contributed by atoms with Crippen LogP contribution in [0.15, 0.2) is 24.5 Å². The Balaban J connectivity index is 2.30. The summed E-state index contributed by atoms with van der Waals surface area (Å²) in [6.45, 7) is 6.80. The summed E-state index contributed by atoms with van der Waals surface area (Å²) in [6, 6.07) is 3.98. The Hall–Kier alpha value is -1.81. The number of aryl methyl sites for hydroxylation is 2. The summed E-state index contributed by atoms with van der Waals surface area (Å²) < 4.78 is 0. The van der Waals surface area contributed by atoms with Gasteiger partial charge in [0.15, 0.2) is 0 Å². The summed E-state index contributed by atoms with van der Waals surface area (Å²) >= 11 is 0. The quantitative estimate of drug-likeness (QED) is 0.910. The van der Waals surface area contributed by atoms with Crippen molar-refractivity contribution in [2.24, 2.45) is 5.73 Å². The SMILES string of the molecule is Cc1nc(Cc2ccncc2)nc(C)c1C(C)CN. The van der Waals surface area contributed by atoms with E-state index in [4.69, 9.17) is 5.73 Å². The average Bonchev–Trinajstić information content (AvgIpc) is 2.38. The summed E-state index contributed by atoms with van der Waals surface area (Å²) in [6.07, 6.45) is 4.32. The Kier molecular flexibility index (Phi) is 4.22. The van der Waals surface area contributed by atoms with Crippen molar-refractivity contribution in [3.63, 3.8) is 0 Å². The van der Waals surface area contributed by atoms with Crippen molar-refractivity contribution in [1.82, 2.24) is 15.0 Å². The third kappa shape index (κ3) is 3.15. The molecule has 0 aliphatic heterocycles. The van der Waals surface area contributed by atoms with Crippen molar-refractivity contribution in [2.75, 3.05) is 6.54 Å². The zero-order chi connectivity index (χ0) is 13.8. The fourth-order valence-corrected chi connectivity index (χ4v) is 2.39. The maximum absolute atomic E-state index is 5.74. The molecule has 2 heterocycles. The second kappa shape index (κ2) is 5.89. The van der Waals surface area contributed by atoms with Crippen molar-refractivity contribution in [1.29, 1.82) is 0 Å². The molecule has 0 aromatic carbocycles. The van der Waals surface area contributed by atoms with Gasteiger partial charge in [-0.15, -0.1) is 0 Å². The molecule has 4 heteroatoms. The van der Waals surface area contributed by atoms with Crippen molar-refractivity contribution < 1.29 is 0 Å². The van der Waals surface area contributed by atoms with E-state index in [0.717, 1.165) is 23.6 Å². The number of hydrogen-bond donors (Lipinski definition) is 1. The van der Waals surface area contributed by atoms with Crippen molar-refractivity contribution in [3.05, 3.63) is 52.9 Å². The van der Waals surface area contributed by atoms with Crippen LogP contribution in [0, 0.1) is 13.8 Å². The van der Waals surface area contributed by atoms with E-state index in [2.05, 4.69) is 21.9 Å². The number of rotatable bonds is 4. The second-order valence-corrected chi connectivity index (χ2v) is 4.89. The van der Waals surface area contributed by atoms with Gasteiger partial charge in [-0.3, -0.25) is 4.98 Å². The van der Waals surface area contributed by atoms with Gasteiger partial charge in [0.1, 0.15) is 5.82 Å². The van der Waals surface area contributed by atoms with E-state index in [1.165, 1.54) is 11.1 Å². The Labute approximate surface area is 114 Å². The normalized spacial score (nSPS) is 12.4. The predicted molar refractivity (Wildman–Crippen MR) is 76.0 cm³/mol. The second-order valence-electron chi connectivity index (χ2n) is 4.89. The van der Waals surface area contributed by atoms with Gasteiger partial charge in [0.05, 0.1) is 0 Å². The smallest absolute Gasteiger partial charge is 0.133 e. The molecule has 2 aromatic rings. The van der Waals surface area contributed by atoms with Crippen LogP contribution >= 0.6 is 0 Å².